The van der Waals surface area contributed by atoms with Gasteiger partial charge in [-0.3, -0.25) is 9.88 Å². The Morgan fingerprint density at radius 2 is 1.90 bits per heavy atom. The highest BCUT2D eigenvalue weighted by Gasteiger charge is 2.59. The number of nitrogens with zero attached hydrogens (tertiary/aromatic N) is 8. The van der Waals surface area contributed by atoms with E-state index in [9.17, 15) is 19.7 Å². The first-order valence-electron chi connectivity index (χ1n) is 16.4. The number of fused-ring (bicyclic) bond motifs is 1. The number of amides is 1. The molecule has 13 heteroatoms. The number of carbonyl (C=O) groups excluding carboxylic acids is 1. The van der Waals surface area contributed by atoms with Gasteiger partial charge >= 0.3 is 6.09 Å². The molecule has 2 bridgehead atoms. The Morgan fingerprint density at radius 3 is 2.49 bits per heavy atom. The predicted molar refractivity (Wildman–Crippen MR) is 180 cm³/mol. The quantitative estimate of drug-likeness (QED) is 0.185. The number of hydrogen-bond acceptors (Lipinski definition) is 10. The number of hydrogen-bond donors (Lipinski definition) is 1. The fourth-order valence-corrected chi connectivity index (χ4v) is 6.65. The maximum atomic E-state index is 14.5. The van der Waals surface area contributed by atoms with E-state index in [1.165, 1.54) is 24.3 Å². The van der Waals surface area contributed by atoms with Gasteiger partial charge in [0.25, 0.3) is 0 Å². The van der Waals surface area contributed by atoms with Crippen molar-refractivity contribution in [1.29, 1.82) is 10.5 Å². The summed E-state index contributed by atoms with van der Waals surface area (Å²) >= 11 is 0. The van der Waals surface area contributed by atoms with Gasteiger partial charge in [0.2, 0.25) is 5.95 Å². The summed E-state index contributed by atoms with van der Waals surface area (Å²) < 4.78 is 27.5. The number of halogens is 1. The molecule has 4 aromatic rings. The number of ether oxygens (including phenoxy) is 2. The number of nitrogens with one attached hydrogen (secondary N) is 1. The average molecular weight is 666 g/mol. The molecule has 0 spiro atoms. The number of aryl methyl sites for hydroxylation is 1. The molecular weight excluding hydrogens is 625 g/mol. The van der Waals surface area contributed by atoms with Gasteiger partial charge in [-0.15, -0.1) is 5.10 Å². The number of anilines is 2. The molecule has 3 unspecified atom stereocenters. The van der Waals surface area contributed by atoms with Gasteiger partial charge in [0, 0.05) is 36.0 Å². The molecule has 3 aliphatic carbocycles. The van der Waals surface area contributed by atoms with Gasteiger partial charge in [0.05, 0.1) is 46.4 Å². The number of rotatable bonds is 10. The molecule has 1 aromatic carbocycles. The van der Waals surface area contributed by atoms with Gasteiger partial charge in [0.15, 0.2) is 0 Å². The van der Waals surface area contributed by atoms with E-state index in [0.29, 0.717) is 39.5 Å². The number of pyridine rings is 2. The van der Waals surface area contributed by atoms with E-state index in [1.807, 2.05) is 17.8 Å². The van der Waals surface area contributed by atoms with E-state index in [4.69, 9.17) is 9.47 Å². The molecule has 254 valence electrons. The molecule has 0 aliphatic heterocycles. The SMILES string of the molecule is COCC(C)OC(=O)N(c1cc(C#N)c2ncc(C#N)c(NC(C)C(C)(C)C)c2c1)C(c1cn(C23CC(C2)C3)nn1)c1ccc(F)nc1C. The van der Waals surface area contributed by atoms with Crippen molar-refractivity contribution < 1.29 is 18.7 Å². The summed E-state index contributed by atoms with van der Waals surface area (Å²) in [5.41, 5.74) is 2.55. The van der Waals surface area contributed by atoms with Crippen LogP contribution in [0.4, 0.5) is 20.6 Å². The lowest BCUT2D eigenvalue weighted by Gasteiger charge is -2.61. The first-order chi connectivity index (χ1) is 23.3. The second-order valence-corrected chi connectivity index (χ2v) is 14.4. The Bertz CT molecular complexity index is 1990. The van der Waals surface area contributed by atoms with Gasteiger partial charge in [-0.2, -0.15) is 14.9 Å². The zero-order valence-electron chi connectivity index (χ0n) is 28.8. The summed E-state index contributed by atoms with van der Waals surface area (Å²) in [4.78, 5) is 24.4. The Morgan fingerprint density at radius 1 is 1.18 bits per heavy atom. The van der Waals surface area contributed by atoms with Gasteiger partial charge in [-0.1, -0.05) is 32.1 Å². The zero-order chi connectivity index (χ0) is 35.2. The lowest BCUT2D eigenvalue weighted by molar-refractivity contribution is -0.0989. The summed E-state index contributed by atoms with van der Waals surface area (Å²) in [7, 11) is 1.51. The number of methoxy groups -OCH3 is 1. The average Bonchev–Trinajstić information content (AvgIpc) is 3.47. The first kappa shape index (κ1) is 33.7. The van der Waals surface area contributed by atoms with Crippen LogP contribution in [-0.4, -0.2) is 56.9 Å². The van der Waals surface area contributed by atoms with Crippen molar-refractivity contribution in [2.75, 3.05) is 23.9 Å². The Labute approximate surface area is 284 Å². The van der Waals surface area contributed by atoms with Crippen molar-refractivity contribution in [3.05, 3.63) is 70.7 Å². The standard InChI is InChI=1S/C36H40FN9O3/c1-20(19-48-7)49-34(47)46(26-10-24(15-38)31-28(11-26)32(25(16-39)17-40-31)42-22(3)35(4,5)6)33(27-8-9-30(37)41-21(27)2)29-18-45(44-43-29)36-12-23(13-36)14-36/h8-11,17-18,20,22-23,33H,12-14,19H2,1-7H3,(H,40,42). The fraction of sp³-hybridized carbons (Fsp3) is 0.472. The van der Waals surface area contributed by atoms with Crippen LogP contribution in [0.3, 0.4) is 0 Å². The van der Waals surface area contributed by atoms with Crippen LogP contribution in [0.5, 0.6) is 0 Å². The molecule has 3 saturated carbocycles. The highest BCUT2D eigenvalue weighted by atomic mass is 19.1. The molecule has 7 rings (SSSR count). The molecule has 0 saturated heterocycles. The first-order valence-corrected chi connectivity index (χ1v) is 16.4. The van der Waals surface area contributed by atoms with Crippen molar-refractivity contribution in [1.82, 2.24) is 25.0 Å². The van der Waals surface area contributed by atoms with Crippen molar-refractivity contribution >= 4 is 28.4 Å². The summed E-state index contributed by atoms with van der Waals surface area (Å²) in [5.74, 6) is 0.0232. The maximum absolute atomic E-state index is 14.5. The van der Waals surface area contributed by atoms with Crippen LogP contribution in [0.2, 0.25) is 0 Å². The minimum Gasteiger partial charge on any atom is -0.444 e. The monoisotopic (exact) mass is 665 g/mol. The molecule has 3 heterocycles. The molecule has 1 N–H and O–H groups in total. The topological polar surface area (TPSA) is 155 Å². The highest BCUT2D eigenvalue weighted by Crippen LogP contribution is 2.62. The van der Waals surface area contributed by atoms with Crippen LogP contribution in [-0.2, 0) is 15.0 Å². The van der Waals surface area contributed by atoms with Gasteiger partial charge in [-0.25, -0.2) is 14.5 Å². The van der Waals surface area contributed by atoms with Crippen LogP contribution in [0.1, 0.15) is 88.0 Å². The van der Waals surface area contributed by atoms with E-state index in [0.717, 1.165) is 19.3 Å². The van der Waals surface area contributed by atoms with E-state index < -0.39 is 24.2 Å². The Balaban J connectivity index is 1.60. The molecular formula is C36H40FN9O3. The fourth-order valence-electron chi connectivity index (χ4n) is 6.65. The number of aromatic nitrogens is 5. The molecule has 3 aliphatic rings. The summed E-state index contributed by atoms with van der Waals surface area (Å²) in [6, 6.07) is 9.45. The predicted octanol–water partition coefficient (Wildman–Crippen LogP) is 6.54. The lowest BCUT2D eigenvalue weighted by Crippen LogP contribution is -2.59. The van der Waals surface area contributed by atoms with Crippen LogP contribution in [0.15, 0.2) is 36.7 Å². The van der Waals surface area contributed by atoms with E-state index in [1.54, 1.807) is 32.0 Å². The van der Waals surface area contributed by atoms with Crippen LogP contribution >= 0.6 is 0 Å². The maximum Gasteiger partial charge on any atom is 0.415 e. The smallest absolute Gasteiger partial charge is 0.415 e. The molecule has 1 amide bonds. The third-order valence-electron chi connectivity index (χ3n) is 9.96. The van der Waals surface area contributed by atoms with Crippen molar-refractivity contribution in [2.45, 2.75) is 84.5 Å². The zero-order valence-corrected chi connectivity index (χ0v) is 28.8. The lowest BCUT2D eigenvalue weighted by atomic mass is 9.50. The summed E-state index contributed by atoms with van der Waals surface area (Å²) in [5, 5.41) is 33.6. The second-order valence-electron chi connectivity index (χ2n) is 14.4. The van der Waals surface area contributed by atoms with E-state index >= 15 is 0 Å². The molecule has 3 atom stereocenters. The number of carbonyl (C=O) groups is 1. The second kappa shape index (κ2) is 12.7. The van der Waals surface area contributed by atoms with Crippen molar-refractivity contribution in [2.24, 2.45) is 11.3 Å². The number of nitriles is 2. The van der Waals surface area contributed by atoms with Gasteiger partial charge in [-0.05, 0) is 69.6 Å². The molecule has 3 fully saturated rings. The molecule has 12 nitrogen and oxygen atoms in total. The summed E-state index contributed by atoms with van der Waals surface area (Å²) in [6.45, 7) is 11.8. The van der Waals surface area contributed by atoms with Crippen molar-refractivity contribution in [3.63, 3.8) is 0 Å². The third kappa shape index (κ3) is 6.15. The van der Waals surface area contributed by atoms with Crippen LogP contribution in [0, 0.1) is 46.9 Å². The van der Waals surface area contributed by atoms with Gasteiger partial charge < -0.3 is 14.8 Å². The minimum absolute atomic E-state index is 0.0878. The number of benzene rings is 1. The molecule has 49 heavy (non-hydrogen) atoms. The Hall–Kier alpha value is -5.14. The highest BCUT2D eigenvalue weighted by molar-refractivity contribution is 6.01. The van der Waals surface area contributed by atoms with E-state index in [-0.39, 0.29) is 40.4 Å². The third-order valence-corrected chi connectivity index (χ3v) is 9.96. The Kier molecular flexibility index (Phi) is 8.76. The van der Waals surface area contributed by atoms with Crippen LogP contribution < -0.4 is 10.2 Å². The molecule has 3 aromatic heterocycles. The van der Waals surface area contributed by atoms with Gasteiger partial charge in [0.1, 0.15) is 30.0 Å². The summed E-state index contributed by atoms with van der Waals surface area (Å²) in [6.07, 6.45) is 4.93. The largest absolute Gasteiger partial charge is 0.444 e. The van der Waals surface area contributed by atoms with E-state index in [2.05, 4.69) is 58.5 Å². The minimum atomic E-state index is -0.988. The van der Waals surface area contributed by atoms with Crippen LogP contribution in [0.25, 0.3) is 10.9 Å². The van der Waals surface area contributed by atoms with Crippen molar-refractivity contribution in [3.8, 4) is 12.1 Å². The normalized spacial score (nSPS) is 19.8. The molecule has 0 radical (unpaired) electrons.